The summed E-state index contributed by atoms with van der Waals surface area (Å²) in [6.45, 7) is 10.3. The van der Waals surface area contributed by atoms with Gasteiger partial charge in [0.1, 0.15) is 12.1 Å². The van der Waals surface area contributed by atoms with Crippen molar-refractivity contribution in [2.75, 3.05) is 47.3 Å². The summed E-state index contributed by atoms with van der Waals surface area (Å²) in [5.74, 6) is 0.0602. The number of carbonyl (C=O) groups excluding carboxylic acids is 4. The number of rotatable bonds is 22. The predicted octanol–water partition coefficient (Wildman–Crippen LogP) is 5.88. The van der Waals surface area contributed by atoms with Gasteiger partial charge in [-0.3, -0.25) is 9.59 Å². The number of H-pyrrole nitrogens is 1. The minimum Gasteiger partial charge on any atom is -0.391 e. The largest absolute Gasteiger partial charge is 0.391 e. The summed E-state index contributed by atoms with van der Waals surface area (Å²) >= 11 is 0. The van der Waals surface area contributed by atoms with Gasteiger partial charge in [-0.15, -0.1) is 12.4 Å². The van der Waals surface area contributed by atoms with E-state index in [9.17, 15) is 24.3 Å². The van der Waals surface area contributed by atoms with Crippen molar-refractivity contribution in [1.29, 1.82) is 0 Å². The van der Waals surface area contributed by atoms with Crippen LogP contribution in [0, 0.1) is 11.8 Å². The Balaban J connectivity index is 0.0000108. The van der Waals surface area contributed by atoms with Crippen molar-refractivity contribution in [2.24, 2.45) is 11.8 Å². The monoisotopic (exact) mass is 803 g/mol. The average molecular weight is 804 g/mol. The molecular weight excluding hydrogens is 732 g/mol. The van der Waals surface area contributed by atoms with E-state index in [4.69, 9.17) is 0 Å². The molecule has 13 nitrogen and oxygen atoms in total. The van der Waals surface area contributed by atoms with Gasteiger partial charge in [0.2, 0.25) is 11.8 Å². The molecule has 1 aliphatic rings. The van der Waals surface area contributed by atoms with E-state index in [0.29, 0.717) is 50.0 Å². The smallest absolute Gasteiger partial charge is 0.319 e. The molecular formula is C42H71ClN8O5. The van der Waals surface area contributed by atoms with Crippen LogP contribution in [-0.2, 0) is 22.4 Å². The summed E-state index contributed by atoms with van der Waals surface area (Å²) in [6, 6.07) is 6.54. The van der Waals surface area contributed by atoms with Gasteiger partial charge >= 0.3 is 12.1 Å². The van der Waals surface area contributed by atoms with Crippen molar-refractivity contribution < 1.29 is 24.3 Å². The number of carbonyl (C=O) groups is 4. The molecule has 0 bridgehead atoms. The lowest BCUT2D eigenvalue weighted by molar-refractivity contribution is -0.141. The highest BCUT2D eigenvalue weighted by Crippen LogP contribution is 2.29. The molecule has 6 amide bonds. The minimum atomic E-state index is -0.988. The van der Waals surface area contributed by atoms with E-state index in [2.05, 4.69) is 34.4 Å². The number of aromatic amines is 1. The van der Waals surface area contributed by atoms with Crippen LogP contribution in [0.4, 0.5) is 9.59 Å². The van der Waals surface area contributed by atoms with Crippen LogP contribution in [0.25, 0.3) is 0 Å². The zero-order valence-electron chi connectivity index (χ0n) is 35.0. The van der Waals surface area contributed by atoms with E-state index in [1.807, 2.05) is 49.1 Å². The standard InChI is InChI=1S/C42H70N8O5.ClH/c1-8-22-50(23-9-2)42(55)48(6)25-24-47(5)41(54)46-36(27-33-18-14-11-15-19-33)40(53)49(7)37(28-34-29-43-30-44-34)39(52)45-35(38(51)21-20-31(3)4)26-32-16-12-10-13-17-32;/h11,14-15,18-19,29-32,35-38,51H,8-10,12-13,16-17,20-28H2,1-7H3,(H,43,44)(H,45,52)(H,46,54);1H/t35-,36-,37-,38-;/m0./s1. The molecule has 1 heterocycles. The van der Waals surface area contributed by atoms with Crippen LogP contribution in [0.2, 0.25) is 0 Å². The van der Waals surface area contributed by atoms with E-state index >= 15 is 0 Å². The molecule has 1 aromatic heterocycles. The first-order valence-electron chi connectivity index (χ1n) is 20.6. The highest BCUT2D eigenvalue weighted by Gasteiger charge is 2.36. The lowest BCUT2D eigenvalue weighted by atomic mass is 9.83. The fraction of sp³-hybridized carbons (Fsp3) is 0.690. The number of benzene rings is 1. The van der Waals surface area contributed by atoms with Crippen LogP contribution < -0.4 is 10.6 Å². The lowest BCUT2D eigenvalue weighted by Gasteiger charge is -2.35. The second-order valence-electron chi connectivity index (χ2n) is 15.9. The Morgan fingerprint density at radius 3 is 2.11 bits per heavy atom. The van der Waals surface area contributed by atoms with Gasteiger partial charge in [-0.05, 0) is 49.5 Å². The Bertz CT molecular complexity index is 1420. The Hall–Kier alpha value is -3.84. The number of halogens is 1. The number of urea groups is 2. The zero-order valence-corrected chi connectivity index (χ0v) is 35.9. The quantitative estimate of drug-likeness (QED) is 0.117. The van der Waals surface area contributed by atoms with Crippen molar-refractivity contribution in [3.05, 3.63) is 54.1 Å². The SMILES string of the molecule is CCCN(CCC)C(=O)N(C)CCN(C)C(=O)N[C@@H](Cc1ccccc1)C(=O)N(C)[C@@H](Cc1cnc[nH]1)C(=O)N[C@@H](CC1CCCCC1)[C@@H](O)CCC(C)C.Cl. The Kier molecular flexibility index (Phi) is 21.9. The number of aromatic nitrogens is 2. The third kappa shape index (κ3) is 16.0. The molecule has 0 radical (unpaired) electrons. The van der Waals surface area contributed by atoms with Gasteiger partial charge in [0.05, 0.1) is 18.5 Å². The first-order valence-corrected chi connectivity index (χ1v) is 20.6. The average Bonchev–Trinajstić information content (AvgIpc) is 3.70. The van der Waals surface area contributed by atoms with Crippen molar-refractivity contribution >= 4 is 36.3 Å². The van der Waals surface area contributed by atoms with Crippen molar-refractivity contribution in [3.8, 4) is 0 Å². The molecule has 316 valence electrons. The number of likely N-dealkylation sites (N-methyl/N-ethyl adjacent to an activating group) is 3. The number of aliphatic hydroxyl groups is 1. The molecule has 0 unspecified atom stereocenters. The second-order valence-corrected chi connectivity index (χ2v) is 15.9. The van der Waals surface area contributed by atoms with E-state index in [1.54, 1.807) is 32.2 Å². The maximum Gasteiger partial charge on any atom is 0.319 e. The van der Waals surface area contributed by atoms with Gasteiger partial charge in [-0.1, -0.05) is 90.1 Å². The topological polar surface area (TPSA) is 154 Å². The molecule has 4 N–H and O–H groups in total. The summed E-state index contributed by atoms with van der Waals surface area (Å²) in [5.41, 5.74) is 1.53. The molecule has 1 saturated carbocycles. The number of hydrogen-bond donors (Lipinski definition) is 4. The van der Waals surface area contributed by atoms with Crippen molar-refractivity contribution in [3.63, 3.8) is 0 Å². The molecule has 0 saturated heterocycles. The summed E-state index contributed by atoms with van der Waals surface area (Å²) in [4.78, 5) is 69.2. The van der Waals surface area contributed by atoms with Gasteiger partial charge in [-0.25, -0.2) is 14.6 Å². The van der Waals surface area contributed by atoms with Crippen molar-refractivity contribution in [1.82, 2.24) is 40.2 Å². The fourth-order valence-corrected chi connectivity index (χ4v) is 7.38. The lowest BCUT2D eigenvalue weighted by Crippen LogP contribution is -2.58. The first-order chi connectivity index (χ1) is 26.3. The molecule has 4 atom stereocenters. The molecule has 1 aliphatic carbocycles. The number of imidazole rings is 1. The summed E-state index contributed by atoms with van der Waals surface area (Å²) < 4.78 is 0. The number of nitrogens with one attached hydrogen (secondary N) is 3. The molecule has 14 heteroatoms. The molecule has 0 spiro atoms. The Labute approximate surface area is 342 Å². The van der Waals surface area contributed by atoms with Crippen molar-refractivity contribution in [2.45, 2.75) is 129 Å². The van der Waals surface area contributed by atoms with Gasteiger partial charge in [0.25, 0.3) is 0 Å². The molecule has 0 aliphatic heterocycles. The fourth-order valence-electron chi connectivity index (χ4n) is 7.38. The van der Waals surface area contributed by atoms with Crippen LogP contribution in [0.3, 0.4) is 0 Å². The van der Waals surface area contributed by atoms with Crippen LogP contribution in [0.1, 0.15) is 103 Å². The van der Waals surface area contributed by atoms with Crippen LogP contribution in [0.15, 0.2) is 42.9 Å². The van der Waals surface area contributed by atoms with E-state index < -0.39 is 36.2 Å². The molecule has 1 aromatic carbocycles. The highest BCUT2D eigenvalue weighted by molar-refractivity contribution is 5.92. The molecule has 1 fully saturated rings. The summed E-state index contributed by atoms with van der Waals surface area (Å²) in [7, 11) is 4.97. The van der Waals surface area contributed by atoms with Gasteiger partial charge < -0.3 is 40.3 Å². The third-order valence-electron chi connectivity index (χ3n) is 10.8. The van der Waals surface area contributed by atoms with E-state index in [-0.39, 0.29) is 43.7 Å². The van der Waals surface area contributed by atoms with E-state index in [1.165, 1.54) is 22.5 Å². The highest BCUT2D eigenvalue weighted by atomic mass is 35.5. The number of aliphatic hydroxyl groups excluding tert-OH is 1. The normalized spacial score (nSPS) is 15.2. The van der Waals surface area contributed by atoms with Crippen LogP contribution in [0.5, 0.6) is 0 Å². The van der Waals surface area contributed by atoms with Crippen LogP contribution in [-0.4, -0.2) is 130 Å². The Morgan fingerprint density at radius 2 is 1.52 bits per heavy atom. The zero-order chi connectivity index (χ0) is 40.3. The van der Waals surface area contributed by atoms with Gasteiger partial charge in [0.15, 0.2) is 0 Å². The minimum absolute atomic E-state index is 0. The van der Waals surface area contributed by atoms with Crippen LogP contribution >= 0.6 is 12.4 Å². The van der Waals surface area contributed by atoms with E-state index in [0.717, 1.165) is 50.5 Å². The maximum absolute atomic E-state index is 14.5. The van der Waals surface area contributed by atoms with Gasteiger partial charge in [0, 0.05) is 72.1 Å². The summed E-state index contributed by atoms with van der Waals surface area (Å²) in [5, 5.41) is 17.6. The van der Waals surface area contributed by atoms with Gasteiger partial charge in [-0.2, -0.15) is 0 Å². The number of nitrogens with zero attached hydrogens (tertiary/aromatic N) is 5. The summed E-state index contributed by atoms with van der Waals surface area (Å²) in [6.07, 6.45) is 12.4. The Morgan fingerprint density at radius 1 is 0.875 bits per heavy atom. The molecule has 3 rings (SSSR count). The molecule has 2 aromatic rings. The second kappa shape index (κ2) is 25.4. The molecule has 56 heavy (non-hydrogen) atoms. The number of hydrogen-bond acceptors (Lipinski definition) is 6. The first kappa shape index (κ1) is 48.3. The predicted molar refractivity (Wildman–Crippen MR) is 225 cm³/mol. The number of amides is 6. The maximum atomic E-state index is 14.5. The third-order valence-corrected chi connectivity index (χ3v) is 10.8.